The van der Waals surface area contributed by atoms with Gasteiger partial charge in [0, 0.05) is 11.8 Å². The van der Waals surface area contributed by atoms with Crippen molar-refractivity contribution in [3.05, 3.63) is 83.9 Å². The van der Waals surface area contributed by atoms with Crippen molar-refractivity contribution in [1.29, 1.82) is 0 Å². The molecule has 0 radical (unpaired) electrons. The van der Waals surface area contributed by atoms with Crippen LogP contribution in [0.3, 0.4) is 0 Å². The van der Waals surface area contributed by atoms with E-state index in [9.17, 15) is 9.18 Å². The molecule has 2 aromatic carbocycles. The molecule has 0 aliphatic carbocycles. The molecule has 1 N–H and O–H groups in total. The van der Waals surface area contributed by atoms with Crippen molar-refractivity contribution in [3.8, 4) is 0 Å². The number of nitrogens with zero attached hydrogens (tertiary/aromatic N) is 2. The van der Waals surface area contributed by atoms with Gasteiger partial charge in [-0.3, -0.25) is 9.48 Å². The first-order valence-electron chi connectivity index (χ1n) is 6.84. The number of rotatable bonds is 4. The van der Waals surface area contributed by atoms with Crippen molar-refractivity contribution in [2.24, 2.45) is 0 Å². The minimum absolute atomic E-state index is 0.274. The molecule has 1 aromatic heterocycles. The second kappa shape index (κ2) is 6.22. The minimum Gasteiger partial charge on any atom is -0.319 e. The highest BCUT2D eigenvalue weighted by molar-refractivity contribution is 6.04. The molecule has 0 atom stereocenters. The Morgan fingerprint density at radius 3 is 2.73 bits per heavy atom. The molecule has 110 valence electrons. The molecular weight excluding hydrogens is 281 g/mol. The van der Waals surface area contributed by atoms with Crippen LogP contribution in [0.1, 0.15) is 15.9 Å². The SMILES string of the molecule is O=C(Nc1cnn(Cc2ccccc2)c1)c1cccc(F)c1. The average Bonchev–Trinajstić information content (AvgIpc) is 2.95. The van der Waals surface area contributed by atoms with Gasteiger partial charge in [0.05, 0.1) is 18.4 Å². The number of carbonyl (C=O) groups is 1. The van der Waals surface area contributed by atoms with Crippen molar-refractivity contribution < 1.29 is 9.18 Å². The van der Waals surface area contributed by atoms with E-state index in [0.29, 0.717) is 12.2 Å². The third kappa shape index (κ3) is 3.38. The van der Waals surface area contributed by atoms with Crippen LogP contribution in [0.2, 0.25) is 0 Å². The topological polar surface area (TPSA) is 46.9 Å². The standard InChI is InChI=1S/C17H14FN3O/c18-15-8-4-7-14(9-15)17(22)20-16-10-19-21(12-16)11-13-5-2-1-3-6-13/h1-10,12H,11H2,(H,20,22). The number of hydrogen-bond acceptors (Lipinski definition) is 2. The molecule has 1 heterocycles. The van der Waals surface area contributed by atoms with Gasteiger partial charge in [-0.15, -0.1) is 0 Å². The van der Waals surface area contributed by atoms with Crippen molar-refractivity contribution >= 4 is 11.6 Å². The molecule has 0 fully saturated rings. The molecule has 22 heavy (non-hydrogen) atoms. The van der Waals surface area contributed by atoms with E-state index in [-0.39, 0.29) is 11.5 Å². The van der Waals surface area contributed by atoms with Crippen molar-refractivity contribution in [2.45, 2.75) is 6.54 Å². The van der Waals surface area contributed by atoms with Gasteiger partial charge in [0.2, 0.25) is 0 Å². The maximum Gasteiger partial charge on any atom is 0.255 e. The molecule has 0 bridgehead atoms. The van der Waals surface area contributed by atoms with Crippen LogP contribution in [0, 0.1) is 5.82 Å². The Kier molecular flexibility index (Phi) is 3.96. The highest BCUT2D eigenvalue weighted by Gasteiger charge is 2.08. The van der Waals surface area contributed by atoms with Crippen LogP contribution in [0.5, 0.6) is 0 Å². The van der Waals surface area contributed by atoms with Gasteiger partial charge < -0.3 is 5.32 Å². The van der Waals surface area contributed by atoms with Crippen LogP contribution in [0.15, 0.2) is 67.0 Å². The summed E-state index contributed by atoms with van der Waals surface area (Å²) in [6.45, 7) is 0.622. The number of halogens is 1. The fourth-order valence-corrected chi connectivity index (χ4v) is 2.12. The Morgan fingerprint density at radius 1 is 1.14 bits per heavy atom. The number of amides is 1. The normalized spacial score (nSPS) is 10.4. The highest BCUT2D eigenvalue weighted by Crippen LogP contribution is 2.11. The van der Waals surface area contributed by atoms with E-state index < -0.39 is 5.82 Å². The Bertz CT molecular complexity index is 783. The van der Waals surface area contributed by atoms with E-state index in [1.54, 1.807) is 23.1 Å². The first-order chi connectivity index (χ1) is 10.7. The predicted octanol–water partition coefficient (Wildman–Crippen LogP) is 3.32. The van der Waals surface area contributed by atoms with E-state index in [4.69, 9.17) is 0 Å². The summed E-state index contributed by atoms with van der Waals surface area (Å²) in [7, 11) is 0. The molecule has 4 nitrogen and oxygen atoms in total. The van der Waals surface area contributed by atoms with Gasteiger partial charge in [-0.25, -0.2) is 4.39 Å². The molecular formula is C17H14FN3O. The molecule has 0 aliphatic heterocycles. The Balaban J connectivity index is 1.68. The van der Waals surface area contributed by atoms with E-state index in [1.807, 2.05) is 30.3 Å². The zero-order valence-corrected chi connectivity index (χ0v) is 11.7. The average molecular weight is 295 g/mol. The second-order valence-corrected chi connectivity index (χ2v) is 4.88. The van der Waals surface area contributed by atoms with Crippen LogP contribution < -0.4 is 5.32 Å². The molecule has 5 heteroatoms. The Hall–Kier alpha value is -2.95. The van der Waals surface area contributed by atoms with Crippen LogP contribution >= 0.6 is 0 Å². The minimum atomic E-state index is -0.438. The zero-order chi connectivity index (χ0) is 15.4. The number of anilines is 1. The lowest BCUT2D eigenvalue weighted by atomic mass is 10.2. The summed E-state index contributed by atoms with van der Waals surface area (Å²) in [4.78, 5) is 12.0. The lowest BCUT2D eigenvalue weighted by Crippen LogP contribution is -2.11. The summed E-state index contributed by atoms with van der Waals surface area (Å²) in [6, 6.07) is 15.5. The summed E-state index contributed by atoms with van der Waals surface area (Å²) in [5.41, 5.74) is 1.97. The number of aromatic nitrogens is 2. The molecule has 0 saturated heterocycles. The fourth-order valence-electron chi connectivity index (χ4n) is 2.12. The quantitative estimate of drug-likeness (QED) is 0.802. The molecule has 0 saturated carbocycles. The number of benzene rings is 2. The summed E-state index contributed by atoms with van der Waals surface area (Å²) >= 11 is 0. The molecule has 0 unspecified atom stereocenters. The van der Waals surface area contributed by atoms with Gasteiger partial charge >= 0.3 is 0 Å². The maximum atomic E-state index is 13.1. The zero-order valence-electron chi connectivity index (χ0n) is 11.7. The van der Waals surface area contributed by atoms with E-state index in [0.717, 1.165) is 5.56 Å². The van der Waals surface area contributed by atoms with Gasteiger partial charge in [0.1, 0.15) is 5.82 Å². The Labute approximate surface area is 127 Å². The van der Waals surface area contributed by atoms with Gasteiger partial charge in [0.15, 0.2) is 0 Å². The predicted molar refractivity (Wildman–Crippen MR) is 82.1 cm³/mol. The number of hydrogen-bond donors (Lipinski definition) is 1. The third-order valence-corrected chi connectivity index (χ3v) is 3.17. The lowest BCUT2D eigenvalue weighted by Gasteiger charge is -2.03. The smallest absolute Gasteiger partial charge is 0.255 e. The van der Waals surface area contributed by atoms with Crippen molar-refractivity contribution in [3.63, 3.8) is 0 Å². The summed E-state index contributed by atoms with van der Waals surface area (Å²) in [5, 5.41) is 6.91. The third-order valence-electron chi connectivity index (χ3n) is 3.17. The summed E-state index contributed by atoms with van der Waals surface area (Å²) < 4.78 is 14.8. The summed E-state index contributed by atoms with van der Waals surface area (Å²) in [5.74, 6) is -0.800. The second-order valence-electron chi connectivity index (χ2n) is 4.88. The highest BCUT2D eigenvalue weighted by atomic mass is 19.1. The Morgan fingerprint density at radius 2 is 1.95 bits per heavy atom. The van der Waals surface area contributed by atoms with Gasteiger partial charge in [-0.2, -0.15) is 5.10 Å². The number of nitrogens with one attached hydrogen (secondary N) is 1. The van der Waals surface area contributed by atoms with E-state index >= 15 is 0 Å². The maximum absolute atomic E-state index is 13.1. The van der Waals surface area contributed by atoms with Gasteiger partial charge in [-0.1, -0.05) is 36.4 Å². The molecule has 3 rings (SSSR count). The van der Waals surface area contributed by atoms with Crippen LogP contribution in [0.4, 0.5) is 10.1 Å². The van der Waals surface area contributed by atoms with E-state index in [1.165, 1.54) is 18.2 Å². The first kappa shape index (κ1) is 14.0. The lowest BCUT2D eigenvalue weighted by molar-refractivity contribution is 0.102. The van der Waals surface area contributed by atoms with Crippen LogP contribution in [-0.2, 0) is 6.54 Å². The van der Waals surface area contributed by atoms with E-state index in [2.05, 4.69) is 10.4 Å². The first-order valence-corrected chi connectivity index (χ1v) is 6.84. The van der Waals surface area contributed by atoms with Crippen LogP contribution in [-0.4, -0.2) is 15.7 Å². The summed E-state index contributed by atoms with van der Waals surface area (Å²) in [6.07, 6.45) is 3.31. The van der Waals surface area contributed by atoms with Crippen LogP contribution in [0.25, 0.3) is 0 Å². The molecule has 3 aromatic rings. The molecule has 1 amide bonds. The number of carbonyl (C=O) groups excluding carboxylic acids is 1. The molecule has 0 spiro atoms. The van der Waals surface area contributed by atoms with Gasteiger partial charge in [0.25, 0.3) is 5.91 Å². The van der Waals surface area contributed by atoms with Gasteiger partial charge in [-0.05, 0) is 23.8 Å². The monoisotopic (exact) mass is 295 g/mol. The van der Waals surface area contributed by atoms with Crippen molar-refractivity contribution in [2.75, 3.05) is 5.32 Å². The fraction of sp³-hybridized carbons (Fsp3) is 0.0588. The largest absolute Gasteiger partial charge is 0.319 e. The molecule has 0 aliphatic rings. The van der Waals surface area contributed by atoms with Crippen molar-refractivity contribution in [1.82, 2.24) is 9.78 Å².